The van der Waals surface area contributed by atoms with Crippen LogP contribution in [0.3, 0.4) is 0 Å². The minimum Gasteiger partial charge on any atom is -0.336 e. The van der Waals surface area contributed by atoms with Crippen LogP contribution in [-0.4, -0.2) is 18.0 Å². The summed E-state index contributed by atoms with van der Waals surface area (Å²) < 4.78 is 28.4. The molecule has 0 radical (unpaired) electrons. The van der Waals surface area contributed by atoms with Crippen LogP contribution in [0.1, 0.15) is 18.1 Å². The maximum absolute atomic E-state index is 12.1. The second kappa shape index (κ2) is 6.17. The first-order chi connectivity index (χ1) is 9.55. The fourth-order valence-corrected chi connectivity index (χ4v) is 2.73. The van der Waals surface area contributed by atoms with Crippen LogP contribution < -0.4 is 10.5 Å². The van der Waals surface area contributed by atoms with Crippen molar-refractivity contribution in [3.8, 4) is 0 Å². The van der Waals surface area contributed by atoms with Crippen LogP contribution in [-0.2, 0) is 29.7 Å². The molecule has 0 aliphatic carbocycles. The van der Waals surface area contributed by atoms with Crippen molar-refractivity contribution in [3.63, 3.8) is 0 Å². The molecule has 7 heteroatoms. The molecule has 1 heterocycles. The Morgan fingerprint density at radius 3 is 2.75 bits per heavy atom. The second-order valence-electron chi connectivity index (χ2n) is 4.39. The van der Waals surface area contributed by atoms with Gasteiger partial charge in [-0.2, -0.15) is 0 Å². The number of imidazole rings is 1. The highest BCUT2D eigenvalue weighted by Crippen LogP contribution is 2.08. The Morgan fingerprint density at radius 2 is 2.10 bits per heavy atom. The predicted octanol–water partition coefficient (Wildman–Crippen LogP) is 0.840. The molecule has 20 heavy (non-hydrogen) atoms. The summed E-state index contributed by atoms with van der Waals surface area (Å²) in [6.07, 6.45) is 3.02. The molecule has 0 amide bonds. The molecule has 0 aliphatic heterocycles. The average molecular weight is 294 g/mol. The average Bonchev–Trinajstić information content (AvgIpc) is 2.95. The molecule has 0 saturated heterocycles. The lowest BCUT2D eigenvalue weighted by molar-refractivity contribution is 0.578. The first-order valence-corrected chi connectivity index (χ1v) is 7.83. The van der Waals surface area contributed by atoms with E-state index in [0.717, 1.165) is 11.1 Å². The van der Waals surface area contributed by atoms with E-state index in [1.54, 1.807) is 4.57 Å². The number of rotatable bonds is 6. The standard InChI is InChI=1S/C13H18N4O2S/c1-2-17-9-13(15-10-17)20(18,19)16-8-12-5-3-4-11(6-12)7-14/h3-6,9-10,16H,2,7-8,14H2,1H3. The SMILES string of the molecule is CCn1cnc(S(=O)(=O)NCc2cccc(CN)c2)c1. The summed E-state index contributed by atoms with van der Waals surface area (Å²) in [5.41, 5.74) is 7.39. The summed E-state index contributed by atoms with van der Waals surface area (Å²) >= 11 is 0. The van der Waals surface area contributed by atoms with E-state index >= 15 is 0 Å². The molecule has 3 N–H and O–H groups in total. The molecule has 0 atom stereocenters. The zero-order chi connectivity index (χ0) is 14.6. The third-order valence-electron chi connectivity index (χ3n) is 2.94. The molecule has 2 aromatic rings. The number of benzene rings is 1. The zero-order valence-electron chi connectivity index (χ0n) is 11.3. The van der Waals surface area contributed by atoms with E-state index in [9.17, 15) is 8.42 Å². The van der Waals surface area contributed by atoms with Crippen LogP contribution in [0.2, 0.25) is 0 Å². The smallest absolute Gasteiger partial charge is 0.259 e. The van der Waals surface area contributed by atoms with E-state index in [2.05, 4.69) is 9.71 Å². The summed E-state index contributed by atoms with van der Waals surface area (Å²) in [6, 6.07) is 7.50. The Morgan fingerprint density at radius 1 is 1.35 bits per heavy atom. The fourth-order valence-electron chi connectivity index (χ4n) is 1.77. The van der Waals surface area contributed by atoms with Crippen molar-refractivity contribution in [3.05, 3.63) is 47.9 Å². The quantitative estimate of drug-likeness (QED) is 0.826. The van der Waals surface area contributed by atoms with Gasteiger partial charge in [0.25, 0.3) is 10.0 Å². The Bertz CT molecular complexity index is 679. The lowest BCUT2D eigenvalue weighted by atomic mass is 10.1. The molecule has 0 bridgehead atoms. The van der Waals surface area contributed by atoms with Gasteiger partial charge in [-0.15, -0.1) is 0 Å². The number of sulfonamides is 1. The van der Waals surface area contributed by atoms with Crippen LogP contribution in [0.15, 0.2) is 41.8 Å². The summed E-state index contributed by atoms with van der Waals surface area (Å²) in [4.78, 5) is 3.90. The number of hydrogen-bond acceptors (Lipinski definition) is 4. The third kappa shape index (κ3) is 3.44. The lowest BCUT2D eigenvalue weighted by Crippen LogP contribution is -2.23. The molecule has 0 fully saturated rings. The minimum absolute atomic E-state index is 0.0364. The van der Waals surface area contributed by atoms with Crippen molar-refractivity contribution in [2.24, 2.45) is 5.73 Å². The van der Waals surface area contributed by atoms with Gasteiger partial charge in [-0.1, -0.05) is 24.3 Å². The van der Waals surface area contributed by atoms with E-state index in [4.69, 9.17) is 5.73 Å². The van der Waals surface area contributed by atoms with Crippen LogP contribution in [0, 0.1) is 0 Å². The van der Waals surface area contributed by atoms with Gasteiger partial charge >= 0.3 is 0 Å². The van der Waals surface area contributed by atoms with Gasteiger partial charge in [0.1, 0.15) is 0 Å². The van der Waals surface area contributed by atoms with Crippen molar-refractivity contribution in [1.29, 1.82) is 0 Å². The predicted molar refractivity (Wildman–Crippen MR) is 76.3 cm³/mol. The molecule has 0 saturated carbocycles. The number of nitrogens with zero attached hydrogens (tertiary/aromatic N) is 2. The highest BCUT2D eigenvalue weighted by molar-refractivity contribution is 7.89. The Balaban J connectivity index is 2.08. The Hall–Kier alpha value is -1.70. The van der Waals surface area contributed by atoms with Gasteiger partial charge in [-0.25, -0.2) is 18.1 Å². The van der Waals surface area contributed by atoms with Crippen LogP contribution in [0.4, 0.5) is 0 Å². The maximum Gasteiger partial charge on any atom is 0.259 e. The number of nitrogens with two attached hydrogens (primary N) is 1. The van der Waals surface area contributed by atoms with E-state index in [1.807, 2.05) is 31.2 Å². The highest BCUT2D eigenvalue weighted by Gasteiger charge is 2.16. The van der Waals surface area contributed by atoms with Gasteiger partial charge in [0.15, 0.2) is 5.03 Å². The topological polar surface area (TPSA) is 90.0 Å². The van der Waals surface area contributed by atoms with Crippen molar-refractivity contribution >= 4 is 10.0 Å². The van der Waals surface area contributed by atoms with E-state index in [0.29, 0.717) is 13.1 Å². The van der Waals surface area contributed by atoms with E-state index in [-0.39, 0.29) is 11.6 Å². The normalized spacial score (nSPS) is 11.7. The summed E-state index contributed by atoms with van der Waals surface area (Å²) in [5.74, 6) is 0. The van der Waals surface area contributed by atoms with Gasteiger partial charge in [0.05, 0.1) is 6.33 Å². The molecule has 6 nitrogen and oxygen atoms in total. The number of aromatic nitrogens is 2. The largest absolute Gasteiger partial charge is 0.336 e. The minimum atomic E-state index is -3.58. The molecular formula is C13H18N4O2S. The van der Waals surface area contributed by atoms with Gasteiger partial charge in [-0.05, 0) is 18.1 Å². The lowest BCUT2D eigenvalue weighted by Gasteiger charge is -2.06. The summed E-state index contributed by atoms with van der Waals surface area (Å²) in [6.45, 7) is 3.25. The number of nitrogens with one attached hydrogen (secondary N) is 1. The van der Waals surface area contributed by atoms with Gasteiger partial charge in [0, 0.05) is 25.8 Å². The molecule has 0 unspecified atom stereocenters. The maximum atomic E-state index is 12.1. The molecule has 2 rings (SSSR count). The van der Waals surface area contributed by atoms with Gasteiger partial charge < -0.3 is 10.3 Å². The van der Waals surface area contributed by atoms with Crippen molar-refractivity contribution in [1.82, 2.24) is 14.3 Å². The van der Waals surface area contributed by atoms with E-state index in [1.165, 1.54) is 12.5 Å². The summed E-state index contributed by atoms with van der Waals surface area (Å²) in [7, 11) is -3.58. The molecule has 0 aliphatic rings. The molecular weight excluding hydrogens is 276 g/mol. The molecule has 108 valence electrons. The van der Waals surface area contributed by atoms with Gasteiger partial charge in [0.2, 0.25) is 0 Å². The Kier molecular flexibility index (Phi) is 4.53. The van der Waals surface area contributed by atoms with Crippen molar-refractivity contribution < 1.29 is 8.42 Å². The molecule has 1 aromatic heterocycles. The van der Waals surface area contributed by atoms with Crippen LogP contribution >= 0.6 is 0 Å². The first kappa shape index (κ1) is 14.7. The third-order valence-corrected chi connectivity index (χ3v) is 4.23. The molecule has 0 spiro atoms. The number of hydrogen-bond donors (Lipinski definition) is 2. The van der Waals surface area contributed by atoms with Crippen LogP contribution in [0.5, 0.6) is 0 Å². The fraction of sp³-hybridized carbons (Fsp3) is 0.308. The Labute approximate surface area is 118 Å². The zero-order valence-corrected chi connectivity index (χ0v) is 12.1. The van der Waals surface area contributed by atoms with E-state index < -0.39 is 10.0 Å². The van der Waals surface area contributed by atoms with Crippen LogP contribution in [0.25, 0.3) is 0 Å². The van der Waals surface area contributed by atoms with Gasteiger partial charge in [-0.3, -0.25) is 0 Å². The number of aryl methyl sites for hydroxylation is 1. The van der Waals surface area contributed by atoms with Crippen molar-refractivity contribution in [2.75, 3.05) is 0 Å². The van der Waals surface area contributed by atoms with Crippen molar-refractivity contribution in [2.45, 2.75) is 31.6 Å². The molecule has 1 aromatic carbocycles. The highest BCUT2D eigenvalue weighted by atomic mass is 32.2. The summed E-state index contributed by atoms with van der Waals surface area (Å²) in [5, 5.41) is 0.0364. The second-order valence-corrected chi connectivity index (χ2v) is 6.10. The first-order valence-electron chi connectivity index (χ1n) is 6.34. The monoisotopic (exact) mass is 294 g/mol.